The fourth-order valence-electron chi connectivity index (χ4n) is 2.10. The highest BCUT2D eigenvalue weighted by Gasteiger charge is 2.38. The molecule has 2 heterocycles. The Hall–Kier alpha value is -1.20. The van der Waals surface area contributed by atoms with E-state index in [2.05, 4.69) is 21.0 Å². The summed E-state index contributed by atoms with van der Waals surface area (Å²) in [7, 11) is 0. The molecule has 1 saturated heterocycles. The third-order valence-electron chi connectivity index (χ3n) is 2.98. The van der Waals surface area contributed by atoms with Crippen LogP contribution in [0.4, 0.5) is 5.69 Å². The van der Waals surface area contributed by atoms with Crippen LogP contribution in [0.25, 0.3) is 0 Å². The molecule has 0 aromatic heterocycles. The molecule has 1 amide bonds. The number of hydrogen-bond donors (Lipinski definition) is 0. The maximum Gasteiger partial charge on any atom is 0.258 e. The van der Waals surface area contributed by atoms with Crippen LogP contribution in [0.5, 0.6) is 0 Å². The molecule has 0 N–H and O–H groups in total. The van der Waals surface area contributed by atoms with Gasteiger partial charge in [0, 0.05) is 10.9 Å². The molecule has 0 bridgehead atoms. The fourth-order valence-corrected chi connectivity index (χ4v) is 2.49. The van der Waals surface area contributed by atoms with E-state index in [1.54, 1.807) is 0 Å². The molecule has 17 heavy (non-hydrogen) atoms. The Labute approximate surface area is 107 Å². The molecule has 3 rings (SSSR count). The van der Waals surface area contributed by atoms with Gasteiger partial charge in [-0.2, -0.15) is 5.10 Å². The molecule has 1 atom stereocenters. The Balaban J connectivity index is 1.94. The first-order chi connectivity index (χ1) is 8.25. The van der Waals surface area contributed by atoms with Gasteiger partial charge in [-0.15, -0.1) is 0 Å². The van der Waals surface area contributed by atoms with Crippen LogP contribution in [0.1, 0.15) is 6.42 Å². The number of hydrazone groups is 1. The molecule has 0 aliphatic carbocycles. The lowest BCUT2D eigenvalue weighted by Crippen LogP contribution is -2.33. The first-order valence-corrected chi connectivity index (χ1v) is 6.29. The van der Waals surface area contributed by atoms with Gasteiger partial charge < -0.3 is 4.74 Å². The zero-order valence-electron chi connectivity index (χ0n) is 9.10. The molecular weight excluding hydrogens is 284 g/mol. The van der Waals surface area contributed by atoms with Crippen LogP contribution < -0.4 is 5.01 Å². The molecular formula is C12H11BrN2O2. The Morgan fingerprint density at radius 1 is 1.47 bits per heavy atom. The summed E-state index contributed by atoms with van der Waals surface area (Å²) in [5.74, 6) is -0.166. The minimum Gasteiger partial charge on any atom is -0.380 e. The zero-order valence-corrected chi connectivity index (χ0v) is 10.7. The van der Waals surface area contributed by atoms with Crippen molar-refractivity contribution in [1.29, 1.82) is 0 Å². The summed E-state index contributed by atoms with van der Waals surface area (Å²) < 4.78 is 6.26. The van der Waals surface area contributed by atoms with Crippen molar-refractivity contribution in [3.05, 3.63) is 28.7 Å². The highest BCUT2D eigenvalue weighted by molar-refractivity contribution is 9.10. The minimum atomic E-state index is -0.178. The van der Waals surface area contributed by atoms with Gasteiger partial charge in [0.05, 0.1) is 24.6 Å². The number of fused-ring (bicyclic) bond motifs is 1. The van der Waals surface area contributed by atoms with E-state index in [-0.39, 0.29) is 11.8 Å². The summed E-state index contributed by atoms with van der Waals surface area (Å²) in [6.07, 6.45) is 0.751. The SMILES string of the molecule is O=C1C2COCCC2=NN1c1cccc(Br)c1. The maximum atomic E-state index is 12.2. The number of nitrogens with zero attached hydrogens (tertiary/aromatic N) is 2. The van der Waals surface area contributed by atoms with E-state index in [1.807, 2.05) is 24.3 Å². The Kier molecular flexibility index (Phi) is 2.72. The van der Waals surface area contributed by atoms with Crippen molar-refractivity contribution in [2.24, 2.45) is 11.0 Å². The van der Waals surface area contributed by atoms with Gasteiger partial charge >= 0.3 is 0 Å². The van der Waals surface area contributed by atoms with Crippen LogP contribution in [0.3, 0.4) is 0 Å². The average molecular weight is 295 g/mol. The van der Waals surface area contributed by atoms with Crippen LogP contribution in [-0.2, 0) is 9.53 Å². The summed E-state index contributed by atoms with van der Waals surface area (Å²) in [5.41, 5.74) is 1.74. The van der Waals surface area contributed by atoms with Crippen molar-refractivity contribution in [3.63, 3.8) is 0 Å². The predicted molar refractivity (Wildman–Crippen MR) is 68.0 cm³/mol. The minimum absolute atomic E-state index is 0.0119. The normalized spacial score (nSPS) is 23.6. The van der Waals surface area contributed by atoms with Crippen molar-refractivity contribution in [2.45, 2.75) is 6.42 Å². The average Bonchev–Trinajstić information content (AvgIpc) is 2.68. The Morgan fingerprint density at radius 3 is 3.12 bits per heavy atom. The maximum absolute atomic E-state index is 12.2. The summed E-state index contributed by atoms with van der Waals surface area (Å²) in [6, 6.07) is 7.59. The van der Waals surface area contributed by atoms with E-state index in [0.29, 0.717) is 13.2 Å². The van der Waals surface area contributed by atoms with Gasteiger partial charge in [0.25, 0.3) is 5.91 Å². The third kappa shape index (κ3) is 1.89. The van der Waals surface area contributed by atoms with E-state index in [4.69, 9.17) is 4.74 Å². The van der Waals surface area contributed by atoms with Crippen LogP contribution >= 0.6 is 15.9 Å². The highest BCUT2D eigenvalue weighted by atomic mass is 79.9. The number of rotatable bonds is 1. The van der Waals surface area contributed by atoms with Crippen LogP contribution in [0.2, 0.25) is 0 Å². The topological polar surface area (TPSA) is 41.9 Å². The number of hydrogen-bond acceptors (Lipinski definition) is 3. The van der Waals surface area contributed by atoms with Crippen LogP contribution in [0, 0.1) is 5.92 Å². The van der Waals surface area contributed by atoms with E-state index in [9.17, 15) is 4.79 Å². The predicted octanol–water partition coefficient (Wildman–Crippen LogP) is 2.19. The number of halogens is 1. The van der Waals surface area contributed by atoms with Gasteiger partial charge in [-0.25, -0.2) is 5.01 Å². The molecule has 1 fully saturated rings. The number of amides is 1. The first-order valence-electron chi connectivity index (χ1n) is 5.50. The van der Waals surface area contributed by atoms with Crippen molar-refractivity contribution in [3.8, 4) is 0 Å². The third-order valence-corrected chi connectivity index (χ3v) is 3.47. The van der Waals surface area contributed by atoms with Crippen LogP contribution in [-0.4, -0.2) is 24.8 Å². The second kappa shape index (κ2) is 4.23. The molecule has 2 aliphatic rings. The van der Waals surface area contributed by atoms with Gasteiger partial charge in [0.2, 0.25) is 0 Å². The zero-order chi connectivity index (χ0) is 11.8. The van der Waals surface area contributed by atoms with Crippen molar-refractivity contribution in [1.82, 2.24) is 0 Å². The number of carbonyl (C=O) groups excluding carboxylic acids is 1. The Morgan fingerprint density at radius 2 is 2.35 bits per heavy atom. The molecule has 1 aromatic carbocycles. The lowest BCUT2D eigenvalue weighted by atomic mass is 10.0. The van der Waals surface area contributed by atoms with Crippen molar-refractivity contribution in [2.75, 3.05) is 18.2 Å². The van der Waals surface area contributed by atoms with Crippen LogP contribution in [0.15, 0.2) is 33.8 Å². The number of ether oxygens (including phenoxy) is 1. The smallest absolute Gasteiger partial charge is 0.258 e. The van der Waals surface area contributed by atoms with Gasteiger partial charge in [0.15, 0.2) is 0 Å². The number of benzene rings is 1. The summed E-state index contributed by atoms with van der Waals surface area (Å²) in [4.78, 5) is 12.2. The van der Waals surface area contributed by atoms with Gasteiger partial charge in [-0.1, -0.05) is 22.0 Å². The molecule has 5 heteroatoms. The molecule has 88 valence electrons. The highest BCUT2D eigenvalue weighted by Crippen LogP contribution is 2.28. The molecule has 1 aromatic rings. The quantitative estimate of drug-likeness (QED) is 0.797. The number of anilines is 1. The molecule has 2 aliphatic heterocycles. The standard InChI is InChI=1S/C12H11BrN2O2/c13-8-2-1-3-9(6-8)15-12(16)10-7-17-5-4-11(10)14-15/h1-3,6,10H,4-5,7H2. The lowest BCUT2D eigenvalue weighted by molar-refractivity contribution is -0.121. The fraction of sp³-hybridized carbons (Fsp3) is 0.333. The Bertz CT molecular complexity index is 501. The second-order valence-electron chi connectivity index (χ2n) is 4.10. The summed E-state index contributed by atoms with van der Waals surface area (Å²) in [5, 5.41) is 5.89. The van der Waals surface area contributed by atoms with Gasteiger partial charge in [-0.3, -0.25) is 4.79 Å². The number of carbonyl (C=O) groups is 1. The first kappa shape index (κ1) is 10.9. The van der Waals surface area contributed by atoms with E-state index >= 15 is 0 Å². The van der Waals surface area contributed by atoms with Crippen molar-refractivity contribution < 1.29 is 9.53 Å². The largest absolute Gasteiger partial charge is 0.380 e. The van der Waals surface area contributed by atoms with Gasteiger partial charge in [-0.05, 0) is 18.2 Å². The van der Waals surface area contributed by atoms with E-state index in [0.717, 1.165) is 22.3 Å². The summed E-state index contributed by atoms with van der Waals surface area (Å²) in [6.45, 7) is 1.12. The van der Waals surface area contributed by atoms with Crippen molar-refractivity contribution >= 4 is 33.2 Å². The molecule has 0 radical (unpaired) electrons. The monoisotopic (exact) mass is 294 g/mol. The molecule has 0 spiro atoms. The molecule has 4 nitrogen and oxygen atoms in total. The molecule has 1 unspecified atom stereocenters. The second-order valence-corrected chi connectivity index (χ2v) is 5.01. The summed E-state index contributed by atoms with van der Waals surface area (Å²) >= 11 is 3.39. The lowest BCUT2D eigenvalue weighted by Gasteiger charge is -2.17. The molecule has 0 saturated carbocycles. The van der Waals surface area contributed by atoms with Gasteiger partial charge in [0.1, 0.15) is 5.92 Å². The van der Waals surface area contributed by atoms with E-state index in [1.165, 1.54) is 5.01 Å². The van der Waals surface area contributed by atoms with E-state index < -0.39 is 0 Å².